The molecule has 0 saturated heterocycles. The highest BCUT2D eigenvalue weighted by Crippen LogP contribution is 2.17. The van der Waals surface area contributed by atoms with E-state index in [0.717, 1.165) is 34.7 Å². The zero-order valence-electron chi connectivity index (χ0n) is 15.5. The monoisotopic (exact) mass is 381 g/mol. The molecule has 0 aliphatic rings. The molecule has 1 aromatic heterocycles. The zero-order chi connectivity index (χ0) is 19.2. The molecule has 0 aliphatic heterocycles. The van der Waals surface area contributed by atoms with Gasteiger partial charge in [-0.2, -0.15) is 5.10 Å². The molecule has 0 saturated carbocycles. The number of H-pyrrole nitrogens is 1. The van der Waals surface area contributed by atoms with E-state index in [1.165, 1.54) is 0 Å². The first-order valence-corrected chi connectivity index (χ1v) is 10.4. The maximum Gasteiger partial charge on any atom is 0.253 e. The smallest absolute Gasteiger partial charge is 0.253 e. The van der Waals surface area contributed by atoms with Crippen LogP contribution in [0.5, 0.6) is 0 Å². The summed E-state index contributed by atoms with van der Waals surface area (Å²) in [6, 6.07) is 19.0. The van der Waals surface area contributed by atoms with Crippen LogP contribution in [0.25, 0.3) is 11.3 Å². The Morgan fingerprint density at radius 3 is 2.48 bits per heavy atom. The van der Waals surface area contributed by atoms with Crippen molar-refractivity contribution < 1.29 is 9.00 Å². The highest BCUT2D eigenvalue weighted by Gasteiger charge is 2.12. The second-order valence-corrected chi connectivity index (χ2v) is 7.83. The lowest BCUT2D eigenvalue weighted by Crippen LogP contribution is -2.28. The summed E-state index contributed by atoms with van der Waals surface area (Å²) in [5, 5.41) is 7.43. The van der Waals surface area contributed by atoms with Crippen LogP contribution >= 0.6 is 0 Å². The lowest BCUT2D eigenvalue weighted by Gasteiger charge is -2.17. The average molecular weight is 382 g/mol. The molecule has 3 rings (SSSR count). The van der Waals surface area contributed by atoms with Crippen LogP contribution in [0.15, 0.2) is 65.6 Å². The van der Waals surface area contributed by atoms with Gasteiger partial charge in [0.2, 0.25) is 0 Å². The number of hydrogen-bond acceptors (Lipinski definition) is 3. The molecule has 0 bridgehead atoms. The first kappa shape index (κ1) is 19.0. The molecule has 6 heteroatoms. The van der Waals surface area contributed by atoms with Crippen molar-refractivity contribution in [2.45, 2.75) is 17.7 Å². The number of carbonyl (C=O) groups excluding carboxylic acids is 1. The van der Waals surface area contributed by atoms with Gasteiger partial charge in [-0.25, -0.2) is 0 Å². The van der Waals surface area contributed by atoms with Crippen LogP contribution in [0.3, 0.4) is 0 Å². The van der Waals surface area contributed by atoms with Crippen LogP contribution in [-0.4, -0.2) is 45.1 Å². The molecule has 27 heavy (non-hydrogen) atoms. The Morgan fingerprint density at radius 1 is 1.11 bits per heavy atom. The van der Waals surface area contributed by atoms with E-state index < -0.39 is 10.8 Å². The van der Waals surface area contributed by atoms with Crippen molar-refractivity contribution in [2.75, 3.05) is 19.8 Å². The summed E-state index contributed by atoms with van der Waals surface area (Å²) in [5.41, 5.74) is 3.69. The van der Waals surface area contributed by atoms with Gasteiger partial charge in [0.25, 0.3) is 5.91 Å². The Morgan fingerprint density at radius 2 is 1.81 bits per heavy atom. The van der Waals surface area contributed by atoms with E-state index in [1.54, 1.807) is 42.5 Å². The van der Waals surface area contributed by atoms with Gasteiger partial charge in [-0.05, 0) is 43.2 Å². The Labute approximate surface area is 161 Å². The molecule has 3 aromatic rings. The molecule has 0 radical (unpaired) electrons. The third kappa shape index (κ3) is 4.92. The van der Waals surface area contributed by atoms with Crippen molar-refractivity contribution in [3.05, 3.63) is 71.9 Å². The van der Waals surface area contributed by atoms with Crippen molar-refractivity contribution >= 4 is 16.7 Å². The molecule has 1 amide bonds. The van der Waals surface area contributed by atoms with Gasteiger partial charge in [0, 0.05) is 52.4 Å². The maximum absolute atomic E-state index is 12.5. The molecule has 0 fully saturated rings. The predicted molar refractivity (Wildman–Crippen MR) is 108 cm³/mol. The number of rotatable bonds is 7. The number of aromatic nitrogens is 2. The largest absolute Gasteiger partial charge is 0.342 e. The fourth-order valence-corrected chi connectivity index (χ4v) is 3.38. The number of carbonyl (C=O) groups is 1. The number of aryl methyl sites for hydroxylation is 1. The molecule has 140 valence electrons. The molecule has 1 unspecified atom stereocenters. The highest BCUT2D eigenvalue weighted by atomic mass is 32.2. The summed E-state index contributed by atoms with van der Waals surface area (Å²) in [6.45, 7) is 0.653. The summed E-state index contributed by atoms with van der Waals surface area (Å²) in [5.74, 6) is -0.0296. The van der Waals surface area contributed by atoms with Gasteiger partial charge in [0.15, 0.2) is 0 Å². The first-order chi connectivity index (χ1) is 13.0. The van der Waals surface area contributed by atoms with E-state index in [2.05, 4.69) is 16.3 Å². The van der Waals surface area contributed by atoms with Gasteiger partial charge >= 0.3 is 0 Å². The SMILES string of the molecule is CN(CCCc1cc(-c2ccccc2)n[nH]1)C(=O)c1ccc(S(C)=O)cc1. The summed E-state index contributed by atoms with van der Waals surface area (Å²) in [6.07, 6.45) is 3.29. The molecule has 1 heterocycles. The standard InChI is InChI=1S/C21H23N3O2S/c1-24(21(25)17-10-12-19(13-11-17)27(2)26)14-6-9-18-15-20(23-22-18)16-7-4-3-5-8-16/h3-5,7-8,10-13,15H,6,9,14H2,1-2H3,(H,22,23). The Kier molecular flexibility index (Phi) is 6.19. The van der Waals surface area contributed by atoms with Crippen LogP contribution < -0.4 is 0 Å². The summed E-state index contributed by atoms with van der Waals surface area (Å²) < 4.78 is 11.4. The molecular weight excluding hydrogens is 358 g/mol. The van der Waals surface area contributed by atoms with Gasteiger partial charge < -0.3 is 4.90 Å². The van der Waals surface area contributed by atoms with Crippen molar-refractivity contribution in [1.29, 1.82) is 0 Å². The van der Waals surface area contributed by atoms with Gasteiger partial charge in [0.1, 0.15) is 0 Å². The van der Waals surface area contributed by atoms with Gasteiger partial charge in [0.05, 0.1) is 5.69 Å². The molecule has 1 atom stereocenters. The fraction of sp³-hybridized carbons (Fsp3) is 0.238. The third-order valence-electron chi connectivity index (χ3n) is 4.42. The summed E-state index contributed by atoms with van der Waals surface area (Å²) >= 11 is 0. The molecular formula is C21H23N3O2S. The van der Waals surface area contributed by atoms with Crippen molar-refractivity contribution in [3.63, 3.8) is 0 Å². The molecule has 1 N–H and O–H groups in total. The number of nitrogens with zero attached hydrogens (tertiary/aromatic N) is 2. The normalized spacial score (nSPS) is 11.9. The second kappa shape index (κ2) is 8.77. The van der Waals surface area contributed by atoms with E-state index in [-0.39, 0.29) is 5.91 Å². The summed E-state index contributed by atoms with van der Waals surface area (Å²) in [7, 11) is 0.769. The van der Waals surface area contributed by atoms with Crippen molar-refractivity contribution in [1.82, 2.24) is 15.1 Å². The van der Waals surface area contributed by atoms with Gasteiger partial charge in [-0.3, -0.25) is 14.1 Å². The van der Waals surface area contributed by atoms with Crippen LogP contribution in [-0.2, 0) is 17.2 Å². The molecule has 2 aromatic carbocycles. The Hall–Kier alpha value is -2.73. The molecule has 0 spiro atoms. The summed E-state index contributed by atoms with van der Waals surface area (Å²) in [4.78, 5) is 14.9. The van der Waals surface area contributed by atoms with Crippen LogP contribution in [0.2, 0.25) is 0 Å². The van der Waals surface area contributed by atoms with E-state index in [9.17, 15) is 9.00 Å². The fourth-order valence-electron chi connectivity index (χ4n) is 2.86. The quantitative estimate of drug-likeness (QED) is 0.681. The topological polar surface area (TPSA) is 66.1 Å². The number of benzene rings is 2. The Bertz CT molecular complexity index is 920. The number of aromatic amines is 1. The number of nitrogens with one attached hydrogen (secondary N) is 1. The van der Waals surface area contributed by atoms with E-state index in [1.807, 2.05) is 30.3 Å². The lowest BCUT2D eigenvalue weighted by molar-refractivity contribution is 0.0793. The highest BCUT2D eigenvalue weighted by molar-refractivity contribution is 7.84. The predicted octanol–water partition coefficient (Wildman–Crippen LogP) is 3.52. The van der Waals surface area contributed by atoms with Gasteiger partial charge in [-0.1, -0.05) is 30.3 Å². The van der Waals surface area contributed by atoms with E-state index in [4.69, 9.17) is 0 Å². The van der Waals surface area contributed by atoms with Crippen molar-refractivity contribution in [2.24, 2.45) is 0 Å². The first-order valence-electron chi connectivity index (χ1n) is 8.83. The van der Waals surface area contributed by atoms with Crippen LogP contribution in [0, 0.1) is 0 Å². The number of hydrogen-bond donors (Lipinski definition) is 1. The Balaban J connectivity index is 1.52. The molecule has 5 nitrogen and oxygen atoms in total. The van der Waals surface area contributed by atoms with E-state index >= 15 is 0 Å². The third-order valence-corrected chi connectivity index (χ3v) is 5.36. The lowest BCUT2D eigenvalue weighted by atomic mass is 10.1. The number of amides is 1. The van der Waals surface area contributed by atoms with Crippen molar-refractivity contribution in [3.8, 4) is 11.3 Å². The average Bonchev–Trinajstić information content (AvgIpc) is 3.17. The maximum atomic E-state index is 12.5. The van der Waals surface area contributed by atoms with Gasteiger partial charge in [-0.15, -0.1) is 0 Å². The minimum absolute atomic E-state index is 0.0296. The second-order valence-electron chi connectivity index (χ2n) is 6.45. The minimum atomic E-state index is -1.03. The minimum Gasteiger partial charge on any atom is -0.342 e. The van der Waals surface area contributed by atoms with Crippen LogP contribution in [0.4, 0.5) is 0 Å². The zero-order valence-corrected chi connectivity index (χ0v) is 16.3. The van der Waals surface area contributed by atoms with E-state index in [0.29, 0.717) is 12.1 Å². The van der Waals surface area contributed by atoms with Crippen LogP contribution in [0.1, 0.15) is 22.5 Å². The molecule has 0 aliphatic carbocycles.